The highest BCUT2D eigenvalue weighted by Crippen LogP contribution is 2.23. The van der Waals surface area contributed by atoms with Crippen LogP contribution in [-0.2, 0) is 4.79 Å². The normalized spacial score (nSPS) is 11.7. The van der Waals surface area contributed by atoms with Crippen LogP contribution in [0.1, 0.15) is 23.6 Å². The molecule has 1 atom stereocenters. The van der Waals surface area contributed by atoms with Gasteiger partial charge in [-0.2, -0.15) is 0 Å². The number of carbonyl (C=O) groups is 1. The summed E-state index contributed by atoms with van der Waals surface area (Å²) < 4.78 is 5.66. The summed E-state index contributed by atoms with van der Waals surface area (Å²) in [6.07, 6.45) is -0.731. The molecule has 0 bridgehead atoms. The highest BCUT2D eigenvalue weighted by molar-refractivity contribution is 5.95. The molecule has 0 unspecified atom stereocenters. The van der Waals surface area contributed by atoms with Gasteiger partial charge in [0.25, 0.3) is 11.6 Å². The van der Waals surface area contributed by atoms with Gasteiger partial charge in [-0.1, -0.05) is 12.1 Å². The number of nitrogens with zero attached hydrogens (tertiary/aromatic N) is 1. The Morgan fingerprint density at radius 2 is 1.75 bits per heavy atom. The predicted molar refractivity (Wildman–Crippen MR) is 92.5 cm³/mol. The average molecular weight is 328 g/mol. The van der Waals surface area contributed by atoms with E-state index in [1.807, 2.05) is 32.0 Å². The fraction of sp³-hybridized carbons (Fsp3) is 0.278. The van der Waals surface area contributed by atoms with Crippen molar-refractivity contribution in [2.24, 2.45) is 0 Å². The number of ether oxygens (including phenoxy) is 1. The Morgan fingerprint density at radius 1 is 1.08 bits per heavy atom. The summed E-state index contributed by atoms with van der Waals surface area (Å²) in [5.41, 5.74) is 3.30. The zero-order valence-corrected chi connectivity index (χ0v) is 14.1. The van der Waals surface area contributed by atoms with Crippen LogP contribution in [0.5, 0.6) is 5.75 Å². The largest absolute Gasteiger partial charge is 0.481 e. The number of rotatable bonds is 5. The van der Waals surface area contributed by atoms with Gasteiger partial charge in [0.2, 0.25) is 0 Å². The van der Waals surface area contributed by atoms with Crippen molar-refractivity contribution in [2.75, 3.05) is 5.32 Å². The van der Waals surface area contributed by atoms with E-state index in [0.29, 0.717) is 11.4 Å². The highest BCUT2D eigenvalue weighted by atomic mass is 16.6. The number of aryl methyl sites for hydroxylation is 3. The summed E-state index contributed by atoms with van der Waals surface area (Å²) in [6, 6.07) is 9.96. The first-order chi connectivity index (χ1) is 11.3. The van der Waals surface area contributed by atoms with Crippen LogP contribution in [0.25, 0.3) is 0 Å². The van der Waals surface area contributed by atoms with E-state index in [-0.39, 0.29) is 11.6 Å². The summed E-state index contributed by atoms with van der Waals surface area (Å²) in [5, 5.41) is 13.5. The fourth-order valence-corrected chi connectivity index (χ4v) is 2.14. The number of amides is 1. The van der Waals surface area contributed by atoms with E-state index in [9.17, 15) is 14.9 Å². The average Bonchev–Trinajstić information content (AvgIpc) is 2.52. The van der Waals surface area contributed by atoms with Crippen LogP contribution in [0.2, 0.25) is 0 Å². The molecule has 0 spiro atoms. The van der Waals surface area contributed by atoms with Crippen molar-refractivity contribution in [2.45, 2.75) is 33.8 Å². The van der Waals surface area contributed by atoms with Gasteiger partial charge in [0.05, 0.1) is 10.6 Å². The molecule has 24 heavy (non-hydrogen) atoms. The Hall–Kier alpha value is -2.89. The quantitative estimate of drug-likeness (QED) is 0.666. The molecular weight excluding hydrogens is 308 g/mol. The first-order valence-electron chi connectivity index (χ1n) is 7.57. The lowest BCUT2D eigenvalue weighted by Crippen LogP contribution is -2.30. The van der Waals surface area contributed by atoms with E-state index in [1.165, 1.54) is 12.1 Å². The first-order valence-corrected chi connectivity index (χ1v) is 7.57. The van der Waals surface area contributed by atoms with E-state index in [2.05, 4.69) is 5.32 Å². The van der Waals surface area contributed by atoms with Gasteiger partial charge < -0.3 is 10.1 Å². The summed E-state index contributed by atoms with van der Waals surface area (Å²) in [5.74, 6) is 0.244. The molecule has 0 heterocycles. The monoisotopic (exact) mass is 328 g/mol. The second-order valence-corrected chi connectivity index (χ2v) is 5.75. The van der Waals surface area contributed by atoms with E-state index < -0.39 is 11.0 Å². The standard InChI is InChI=1S/C18H20N2O4/c1-11-6-8-16(9-13(11)3)24-14(4)18(21)19-17-10-15(20(22)23)7-5-12(17)2/h5-10,14H,1-4H3,(H,19,21)/t14-/m0/s1. The van der Waals surface area contributed by atoms with Crippen molar-refractivity contribution in [3.05, 3.63) is 63.2 Å². The third kappa shape index (κ3) is 4.10. The fourth-order valence-electron chi connectivity index (χ4n) is 2.14. The summed E-state index contributed by atoms with van der Waals surface area (Å²) in [4.78, 5) is 22.7. The van der Waals surface area contributed by atoms with Crippen molar-refractivity contribution < 1.29 is 14.5 Å². The van der Waals surface area contributed by atoms with E-state index in [1.54, 1.807) is 19.9 Å². The molecule has 0 fully saturated rings. The van der Waals surface area contributed by atoms with Crippen molar-refractivity contribution in [1.82, 2.24) is 0 Å². The van der Waals surface area contributed by atoms with Crippen LogP contribution >= 0.6 is 0 Å². The van der Waals surface area contributed by atoms with Gasteiger partial charge in [-0.25, -0.2) is 0 Å². The molecule has 0 saturated carbocycles. The zero-order valence-electron chi connectivity index (χ0n) is 14.1. The number of carbonyl (C=O) groups excluding carboxylic acids is 1. The molecule has 1 amide bonds. The molecule has 0 aliphatic heterocycles. The van der Waals surface area contributed by atoms with Gasteiger partial charge in [0.15, 0.2) is 6.10 Å². The lowest BCUT2D eigenvalue weighted by Gasteiger charge is -2.16. The molecule has 1 N–H and O–H groups in total. The van der Waals surface area contributed by atoms with Crippen LogP contribution in [0, 0.1) is 30.9 Å². The number of nitro benzene ring substituents is 1. The number of nitrogens with one attached hydrogen (secondary N) is 1. The molecule has 0 aliphatic rings. The Bertz CT molecular complexity index is 787. The van der Waals surface area contributed by atoms with E-state index >= 15 is 0 Å². The minimum absolute atomic E-state index is 0.0707. The van der Waals surface area contributed by atoms with Crippen molar-refractivity contribution in [3.8, 4) is 5.75 Å². The first kappa shape index (κ1) is 17.5. The molecule has 2 rings (SSSR count). The van der Waals surface area contributed by atoms with Gasteiger partial charge in [0, 0.05) is 12.1 Å². The zero-order chi connectivity index (χ0) is 17.9. The maximum atomic E-state index is 12.3. The van der Waals surface area contributed by atoms with Crippen LogP contribution in [0.3, 0.4) is 0 Å². The van der Waals surface area contributed by atoms with Crippen molar-refractivity contribution in [3.63, 3.8) is 0 Å². The number of hydrogen-bond acceptors (Lipinski definition) is 4. The van der Waals surface area contributed by atoms with E-state index in [4.69, 9.17) is 4.74 Å². The number of benzene rings is 2. The van der Waals surface area contributed by atoms with Crippen molar-refractivity contribution in [1.29, 1.82) is 0 Å². The summed E-state index contributed by atoms with van der Waals surface area (Å²) in [7, 11) is 0. The highest BCUT2D eigenvalue weighted by Gasteiger charge is 2.17. The summed E-state index contributed by atoms with van der Waals surface area (Å²) in [6.45, 7) is 7.38. The molecule has 2 aromatic carbocycles. The number of non-ortho nitro benzene ring substituents is 1. The van der Waals surface area contributed by atoms with Gasteiger partial charge in [-0.3, -0.25) is 14.9 Å². The lowest BCUT2D eigenvalue weighted by molar-refractivity contribution is -0.384. The molecule has 0 aromatic heterocycles. The van der Waals surface area contributed by atoms with Gasteiger partial charge in [-0.15, -0.1) is 0 Å². The van der Waals surface area contributed by atoms with Gasteiger partial charge in [0.1, 0.15) is 5.75 Å². The third-order valence-electron chi connectivity index (χ3n) is 3.85. The third-order valence-corrected chi connectivity index (χ3v) is 3.85. The smallest absolute Gasteiger partial charge is 0.271 e. The van der Waals surface area contributed by atoms with Crippen LogP contribution < -0.4 is 10.1 Å². The Kier molecular flexibility index (Phi) is 5.18. The van der Waals surface area contributed by atoms with Crippen LogP contribution in [-0.4, -0.2) is 16.9 Å². The second kappa shape index (κ2) is 7.12. The number of hydrogen-bond donors (Lipinski definition) is 1. The molecule has 0 aliphatic carbocycles. The van der Waals surface area contributed by atoms with Crippen LogP contribution in [0.4, 0.5) is 11.4 Å². The molecule has 6 nitrogen and oxygen atoms in total. The molecule has 0 radical (unpaired) electrons. The Balaban J connectivity index is 2.10. The minimum atomic E-state index is -0.731. The number of nitro groups is 1. The summed E-state index contributed by atoms with van der Waals surface area (Å²) >= 11 is 0. The Morgan fingerprint density at radius 3 is 2.38 bits per heavy atom. The molecular formula is C18H20N2O4. The van der Waals surface area contributed by atoms with Gasteiger partial charge in [-0.05, 0) is 56.5 Å². The SMILES string of the molecule is Cc1ccc(O[C@@H](C)C(=O)Nc2cc([N+](=O)[O-])ccc2C)cc1C. The van der Waals surface area contributed by atoms with Crippen molar-refractivity contribution >= 4 is 17.3 Å². The number of anilines is 1. The van der Waals surface area contributed by atoms with Crippen LogP contribution in [0.15, 0.2) is 36.4 Å². The maximum Gasteiger partial charge on any atom is 0.271 e. The maximum absolute atomic E-state index is 12.3. The second-order valence-electron chi connectivity index (χ2n) is 5.75. The topological polar surface area (TPSA) is 81.5 Å². The minimum Gasteiger partial charge on any atom is -0.481 e. The molecule has 0 saturated heterocycles. The molecule has 6 heteroatoms. The molecule has 126 valence electrons. The Labute approximate surface area is 140 Å². The molecule has 2 aromatic rings. The lowest BCUT2D eigenvalue weighted by atomic mass is 10.1. The van der Waals surface area contributed by atoms with E-state index in [0.717, 1.165) is 16.7 Å². The van der Waals surface area contributed by atoms with Gasteiger partial charge >= 0.3 is 0 Å². The predicted octanol–water partition coefficient (Wildman–Crippen LogP) is 3.93.